The van der Waals surface area contributed by atoms with Gasteiger partial charge in [0, 0.05) is 42.0 Å². The third-order valence-electron chi connectivity index (χ3n) is 15.4. The maximum Gasteiger partial charge on any atom is 1.00 e. The molecule has 1 aromatic rings. The van der Waals surface area contributed by atoms with E-state index in [2.05, 4.69) is 6.92 Å². The molecule has 4 saturated heterocycles. The van der Waals surface area contributed by atoms with Gasteiger partial charge in [-0.05, 0) is 108 Å². The van der Waals surface area contributed by atoms with Gasteiger partial charge in [-0.2, -0.15) is 0 Å². The third kappa shape index (κ3) is 9.82. The summed E-state index contributed by atoms with van der Waals surface area (Å²) < 4.78 is 45.7. The number of rotatable bonds is 14. The van der Waals surface area contributed by atoms with Crippen molar-refractivity contribution in [1.29, 1.82) is 0 Å². The topological polar surface area (TPSA) is 183 Å². The average Bonchev–Trinajstić information content (AvgIpc) is 3.88. The van der Waals surface area contributed by atoms with Crippen LogP contribution in [0.4, 0.5) is 0 Å². The van der Waals surface area contributed by atoms with Crippen molar-refractivity contribution >= 4 is 17.7 Å². The Morgan fingerprint density at radius 2 is 1.64 bits per heavy atom. The van der Waals surface area contributed by atoms with Crippen LogP contribution in [0.5, 0.6) is 0 Å². The summed E-state index contributed by atoms with van der Waals surface area (Å²) in [6.07, 6.45) is 6.04. The van der Waals surface area contributed by atoms with Crippen molar-refractivity contribution in [1.82, 2.24) is 0 Å². The number of carbonyl (C=O) groups is 3. The van der Waals surface area contributed by atoms with Gasteiger partial charge in [0.1, 0.15) is 5.78 Å². The first-order chi connectivity index (χ1) is 28.3. The van der Waals surface area contributed by atoms with Gasteiger partial charge in [-0.25, -0.2) is 4.79 Å². The van der Waals surface area contributed by atoms with Gasteiger partial charge in [0.25, 0.3) is 0 Å². The van der Waals surface area contributed by atoms with Gasteiger partial charge in [-0.3, -0.25) is 4.79 Å². The van der Waals surface area contributed by atoms with E-state index in [9.17, 15) is 29.7 Å². The second-order valence-electron chi connectivity index (χ2n) is 19.3. The Morgan fingerprint density at radius 1 is 0.934 bits per heavy atom. The fourth-order valence-corrected chi connectivity index (χ4v) is 11.2. The molecule has 13 nitrogen and oxygen atoms in total. The minimum atomic E-state index is -1.48. The molecule has 18 atom stereocenters. The number of esters is 1. The number of carboxylic acids is 1. The molecule has 338 valence electrons. The maximum absolute atomic E-state index is 14.6. The summed E-state index contributed by atoms with van der Waals surface area (Å²) in [6, 6.07) is 3.15. The molecule has 0 unspecified atom stereocenters. The number of aliphatic carboxylic acids is 1. The van der Waals surface area contributed by atoms with E-state index in [1.165, 1.54) is 12.3 Å². The zero-order valence-corrected chi connectivity index (χ0v) is 40.4. The number of aliphatic hydroxyl groups is 2. The van der Waals surface area contributed by atoms with Gasteiger partial charge in [-0.1, -0.05) is 55.4 Å². The molecule has 0 saturated carbocycles. The molecular formula is C47H71NaO13. The molecule has 61 heavy (non-hydrogen) atoms. The molecule has 5 aliphatic heterocycles. The van der Waals surface area contributed by atoms with Crippen LogP contribution >= 0.6 is 0 Å². The van der Waals surface area contributed by atoms with Crippen LogP contribution in [0.1, 0.15) is 144 Å². The molecule has 6 heterocycles. The van der Waals surface area contributed by atoms with Crippen LogP contribution in [0.15, 0.2) is 35.0 Å². The number of aliphatic hydroxyl groups excluding tert-OH is 1. The predicted molar refractivity (Wildman–Crippen MR) is 218 cm³/mol. The van der Waals surface area contributed by atoms with Crippen LogP contribution in [0.2, 0.25) is 0 Å². The van der Waals surface area contributed by atoms with Crippen molar-refractivity contribution in [2.45, 2.75) is 199 Å². The maximum atomic E-state index is 14.6. The Bertz CT molecular complexity index is 1690. The standard InChI is InChI=1S/C47H72O13.Na/c1-11-32(42(50)51)34-17-16-26(4)40(56-34)30(8)38(48)29(7)39(49)33(12-2)41-27(5)25-28(6)46(58-41)21-19-37(57-43(52)35-15-14-24-54-35)47(60-46)23-22-44(10,59-47)36-18-20-45(53,13-3)31(9)55-36;/h14-15,19,21,24,26-34,36-38,40-41,48,53H,11-13,16-18,20,22-23,25H2,1-10H3,(H,50,51);/q;+1/p-1/t26-,27-,28+,29-,30-,31-,32+,33-,34+,36+,37+,38+,40+,41-,44-,45+,46-,47-;/m0./s1. The summed E-state index contributed by atoms with van der Waals surface area (Å²) in [5.41, 5.74) is -1.79. The summed E-state index contributed by atoms with van der Waals surface area (Å²) in [4.78, 5) is 39.9. The van der Waals surface area contributed by atoms with E-state index in [1.807, 2.05) is 55.4 Å². The molecule has 4 fully saturated rings. The molecule has 0 amide bonds. The van der Waals surface area contributed by atoms with Crippen molar-refractivity contribution in [2.24, 2.45) is 41.4 Å². The van der Waals surface area contributed by atoms with E-state index in [0.717, 1.165) is 6.42 Å². The number of carbonyl (C=O) groups excluding carboxylic acids is 3. The molecule has 0 radical (unpaired) electrons. The van der Waals surface area contributed by atoms with Gasteiger partial charge in [0.05, 0.1) is 54.1 Å². The van der Waals surface area contributed by atoms with Crippen molar-refractivity contribution in [2.75, 3.05) is 0 Å². The molecule has 2 N–H and O–H groups in total. The second kappa shape index (κ2) is 19.8. The van der Waals surface area contributed by atoms with Gasteiger partial charge in [0.15, 0.2) is 11.9 Å². The van der Waals surface area contributed by atoms with Crippen LogP contribution in [-0.2, 0) is 38.0 Å². The zero-order chi connectivity index (χ0) is 43.9. The molecule has 0 aliphatic carbocycles. The van der Waals surface area contributed by atoms with Crippen molar-refractivity contribution in [3.05, 3.63) is 36.3 Å². The molecule has 6 rings (SSSR count). The van der Waals surface area contributed by atoms with Crippen LogP contribution in [-0.4, -0.2) is 93.4 Å². The Kier molecular flexibility index (Phi) is 16.4. The van der Waals surface area contributed by atoms with Crippen molar-refractivity contribution < 1.29 is 92.1 Å². The summed E-state index contributed by atoms with van der Waals surface area (Å²) in [5.74, 6) is -7.44. The van der Waals surface area contributed by atoms with E-state index >= 15 is 0 Å². The van der Waals surface area contributed by atoms with Gasteiger partial charge >= 0.3 is 35.5 Å². The summed E-state index contributed by atoms with van der Waals surface area (Å²) in [5, 5.41) is 34.9. The normalized spacial score (nSPS) is 41.3. The summed E-state index contributed by atoms with van der Waals surface area (Å²) >= 11 is 0. The Balaban J connectivity index is 0.00000704. The Hall–Kier alpha value is -1.65. The Morgan fingerprint density at radius 3 is 2.25 bits per heavy atom. The molecule has 0 bridgehead atoms. The van der Waals surface area contributed by atoms with Crippen LogP contribution < -0.4 is 34.7 Å². The van der Waals surface area contributed by atoms with Crippen molar-refractivity contribution in [3.63, 3.8) is 0 Å². The number of ketones is 1. The number of Topliss-reactive ketones (excluding diaryl/α,β-unsaturated/α-hetero) is 1. The first-order valence-electron chi connectivity index (χ1n) is 22.7. The smallest absolute Gasteiger partial charge is 0.550 e. The van der Waals surface area contributed by atoms with E-state index in [4.69, 9.17) is 32.8 Å². The summed E-state index contributed by atoms with van der Waals surface area (Å²) in [6.45, 7) is 19.4. The number of furan rings is 1. The fourth-order valence-electron chi connectivity index (χ4n) is 11.2. The number of ether oxygens (including phenoxy) is 6. The average molecular weight is 867 g/mol. The van der Waals surface area contributed by atoms with Gasteiger partial charge < -0.3 is 53.0 Å². The first kappa shape index (κ1) is 50.4. The van der Waals surface area contributed by atoms with E-state index in [1.54, 1.807) is 25.1 Å². The second-order valence-corrected chi connectivity index (χ2v) is 19.3. The Labute approximate surface area is 384 Å². The minimum absolute atomic E-state index is 0. The van der Waals surface area contributed by atoms with E-state index < -0.39 is 95.0 Å². The molecule has 5 aliphatic rings. The van der Waals surface area contributed by atoms with E-state index in [-0.39, 0.29) is 65.0 Å². The van der Waals surface area contributed by atoms with Crippen LogP contribution in [0.25, 0.3) is 0 Å². The largest absolute Gasteiger partial charge is 1.00 e. The monoisotopic (exact) mass is 866 g/mol. The minimum Gasteiger partial charge on any atom is -0.550 e. The van der Waals surface area contributed by atoms with E-state index in [0.29, 0.717) is 57.8 Å². The van der Waals surface area contributed by atoms with Crippen LogP contribution in [0.3, 0.4) is 0 Å². The quantitative estimate of drug-likeness (QED) is 0.158. The SMILES string of the molecule is CC[C@@H](C(=O)[C@@H](C)[C@@H](O)[C@H](C)[C@@H]1O[C@@H]([C@@H](CC)C(=O)[O-])CC[C@@H]1C)[C@H]1O[C@]2(C=C[C@@H](OC(=O)c3ccco3)[C@]3(CC[C@@](C)([C@H]4CC[C@](O)(CC)[C@H](C)O4)O3)O2)[C@H](C)C[C@@H]1C.[Na+]. The number of hydrogen-bond acceptors (Lipinski definition) is 13. The zero-order valence-electron chi connectivity index (χ0n) is 38.4. The predicted octanol–water partition coefficient (Wildman–Crippen LogP) is 3.32. The van der Waals surface area contributed by atoms with Gasteiger partial charge in [-0.15, -0.1) is 0 Å². The van der Waals surface area contributed by atoms with Gasteiger partial charge in [0.2, 0.25) is 11.5 Å². The first-order valence-corrected chi connectivity index (χ1v) is 22.7. The molecule has 2 spiro atoms. The summed E-state index contributed by atoms with van der Waals surface area (Å²) in [7, 11) is 0. The molecule has 14 heteroatoms. The fraction of sp³-hybridized carbons (Fsp3) is 0.809. The third-order valence-corrected chi connectivity index (χ3v) is 15.4. The molecular weight excluding hydrogens is 795 g/mol. The molecule has 1 aromatic heterocycles. The van der Waals surface area contributed by atoms with Crippen molar-refractivity contribution in [3.8, 4) is 0 Å². The number of carboxylic acid groups (broad SMARTS) is 1. The molecule has 0 aromatic carbocycles. The number of hydrogen-bond donors (Lipinski definition) is 2. The van der Waals surface area contributed by atoms with Crippen LogP contribution in [0, 0.1) is 41.4 Å².